The second kappa shape index (κ2) is 12.0. The highest BCUT2D eigenvalue weighted by Gasteiger charge is 2.34. The SMILES string of the molecule is CCOC(=O)C(C(=O)NC)N(C)C(=O)c1ccc(C#C/C=C/C=C(\O)CO)cc1. The number of ether oxygens (including phenoxy) is 1. The fraction of sp³-hybridized carbons (Fsp3) is 0.286. The van der Waals surface area contributed by atoms with E-state index in [2.05, 4.69) is 17.2 Å². The first-order valence-corrected chi connectivity index (χ1v) is 8.78. The Balaban J connectivity index is 2.92. The molecule has 0 spiro atoms. The maximum absolute atomic E-state index is 12.7. The van der Waals surface area contributed by atoms with E-state index in [4.69, 9.17) is 14.9 Å². The van der Waals surface area contributed by atoms with Gasteiger partial charge in [-0.1, -0.05) is 17.9 Å². The zero-order valence-electron chi connectivity index (χ0n) is 16.5. The molecule has 154 valence electrons. The first kappa shape index (κ1) is 23.5. The monoisotopic (exact) mass is 400 g/mol. The van der Waals surface area contributed by atoms with Crippen molar-refractivity contribution in [1.82, 2.24) is 10.2 Å². The molecule has 0 aliphatic heterocycles. The van der Waals surface area contributed by atoms with Gasteiger partial charge in [0.15, 0.2) is 0 Å². The minimum atomic E-state index is -1.39. The molecule has 0 saturated heterocycles. The minimum absolute atomic E-state index is 0.0889. The van der Waals surface area contributed by atoms with Gasteiger partial charge in [-0.3, -0.25) is 9.59 Å². The summed E-state index contributed by atoms with van der Waals surface area (Å²) in [5, 5.41) is 20.1. The van der Waals surface area contributed by atoms with Crippen LogP contribution in [0.4, 0.5) is 0 Å². The molecule has 1 rings (SSSR count). The zero-order valence-corrected chi connectivity index (χ0v) is 16.5. The lowest BCUT2D eigenvalue weighted by molar-refractivity contribution is -0.152. The molecule has 1 atom stereocenters. The smallest absolute Gasteiger partial charge is 0.338 e. The highest BCUT2D eigenvalue weighted by atomic mass is 16.5. The van der Waals surface area contributed by atoms with E-state index in [-0.39, 0.29) is 17.9 Å². The first-order chi connectivity index (χ1) is 13.8. The number of carbonyl (C=O) groups excluding carboxylic acids is 3. The van der Waals surface area contributed by atoms with Crippen LogP contribution < -0.4 is 5.32 Å². The summed E-state index contributed by atoms with van der Waals surface area (Å²) in [6, 6.07) is 4.94. The maximum atomic E-state index is 12.7. The summed E-state index contributed by atoms with van der Waals surface area (Å²) in [6.07, 6.45) is 4.30. The van der Waals surface area contributed by atoms with E-state index in [1.165, 1.54) is 44.5 Å². The number of amides is 2. The molecule has 0 fully saturated rings. The number of esters is 1. The number of carbonyl (C=O) groups is 3. The summed E-state index contributed by atoms with van der Waals surface area (Å²) in [4.78, 5) is 37.8. The van der Waals surface area contributed by atoms with Crippen LogP contribution >= 0.6 is 0 Å². The molecule has 2 amide bonds. The van der Waals surface area contributed by atoms with Crippen molar-refractivity contribution in [2.24, 2.45) is 0 Å². The number of nitrogens with zero attached hydrogens (tertiary/aromatic N) is 1. The third kappa shape index (κ3) is 7.16. The molecule has 0 saturated carbocycles. The number of aliphatic hydroxyl groups excluding tert-OH is 2. The van der Waals surface area contributed by atoms with Crippen molar-refractivity contribution in [2.75, 3.05) is 27.3 Å². The molecule has 0 aliphatic rings. The number of benzene rings is 1. The lowest BCUT2D eigenvalue weighted by Gasteiger charge is -2.25. The van der Waals surface area contributed by atoms with Crippen molar-refractivity contribution in [1.29, 1.82) is 0 Å². The molecular formula is C21H24N2O6. The molecule has 8 nitrogen and oxygen atoms in total. The maximum Gasteiger partial charge on any atom is 0.338 e. The van der Waals surface area contributed by atoms with Gasteiger partial charge in [0.25, 0.3) is 11.8 Å². The van der Waals surface area contributed by atoms with Crippen LogP contribution in [-0.2, 0) is 14.3 Å². The Morgan fingerprint density at radius 1 is 1.28 bits per heavy atom. The Bertz CT molecular complexity index is 846. The van der Waals surface area contributed by atoms with Crippen LogP contribution in [0.2, 0.25) is 0 Å². The van der Waals surface area contributed by atoms with Crippen molar-refractivity contribution in [3.8, 4) is 11.8 Å². The molecule has 0 aromatic heterocycles. The number of allylic oxidation sites excluding steroid dienone is 3. The Morgan fingerprint density at radius 3 is 2.48 bits per heavy atom. The molecular weight excluding hydrogens is 376 g/mol. The van der Waals surface area contributed by atoms with E-state index >= 15 is 0 Å². The minimum Gasteiger partial charge on any atom is -0.510 e. The van der Waals surface area contributed by atoms with Crippen LogP contribution in [0.1, 0.15) is 22.8 Å². The topological polar surface area (TPSA) is 116 Å². The first-order valence-electron chi connectivity index (χ1n) is 8.78. The summed E-state index contributed by atoms with van der Waals surface area (Å²) in [5.74, 6) is 3.45. The summed E-state index contributed by atoms with van der Waals surface area (Å²) >= 11 is 0. The summed E-state index contributed by atoms with van der Waals surface area (Å²) in [7, 11) is 2.72. The van der Waals surface area contributed by atoms with E-state index in [9.17, 15) is 14.4 Å². The Kier molecular flexibility index (Phi) is 9.71. The van der Waals surface area contributed by atoms with Crippen LogP contribution in [0.5, 0.6) is 0 Å². The van der Waals surface area contributed by atoms with E-state index in [1.807, 2.05) is 0 Å². The second-order valence-electron chi connectivity index (χ2n) is 5.71. The van der Waals surface area contributed by atoms with Gasteiger partial charge in [-0.2, -0.15) is 0 Å². The lowest BCUT2D eigenvalue weighted by Crippen LogP contribution is -2.52. The Hall–Kier alpha value is -3.57. The van der Waals surface area contributed by atoms with E-state index in [1.54, 1.807) is 19.1 Å². The molecule has 8 heteroatoms. The van der Waals surface area contributed by atoms with Gasteiger partial charge in [-0.15, -0.1) is 0 Å². The second-order valence-corrected chi connectivity index (χ2v) is 5.71. The van der Waals surface area contributed by atoms with Crippen molar-refractivity contribution in [2.45, 2.75) is 13.0 Å². The molecule has 0 bridgehead atoms. The van der Waals surface area contributed by atoms with E-state index in [0.29, 0.717) is 5.56 Å². The van der Waals surface area contributed by atoms with Crippen molar-refractivity contribution < 1.29 is 29.3 Å². The summed E-state index contributed by atoms with van der Waals surface area (Å²) in [5.41, 5.74) is 0.917. The normalized spacial score (nSPS) is 11.9. The predicted molar refractivity (Wildman–Crippen MR) is 107 cm³/mol. The number of rotatable bonds is 7. The summed E-state index contributed by atoms with van der Waals surface area (Å²) in [6.45, 7) is 1.26. The number of nitrogens with one attached hydrogen (secondary N) is 1. The molecule has 0 radical (unpaired) electrons. The van der Waals surface area contributed by atoms with Gasteiger partial charge in [0, 0.05) is 25.2 Å². The highest BCUT2D eigenvalue weighted by Crippen LogP contribution is 2.10. The number of hydrogen-bond donors (Lipinski definition) is 3. The molecule has 0 aliphatic carbocycles. The quantitative estimate of drug-likeness (QED) is 0.205. The molecule has 1 aromatic rings. The molecule has 1 unspecified atom stereocenters. The van der Waals surface area contributed by atoms with E-state index in [0.717, 1.165) is 4.90 Å². The lowest BCUT2D eigenvalue weighted by atomic mass is 10.1. The number of likely N-dealkylation sites (N-methyl/N-ethyl adjacent to an activating group) is 2. The third-order valence-corrected chi connectivity index (χ3v) is 3.69. The van der Waals surface area contributed by atoms with Gasteiger partial charge in [0.2, 0.25) is 6.04 Å². The standard InChI is InChI=1S/C21H24N2O6/c1-4-29-21(28)18(19(26)22-2)23(3)20(27)16-12-10-15(11-13-16)8-6-5-7-9-17(25)14-24/h5,7,9-13,18,24-25H,4,14H2,1-3H3,(H,22,26)/b7-5+,17-9-. The third-order valence-electron chi connectivity index (χ3n) is 3.69. The van der Waals surface area contributed by atoms with Crippen molar-refractivity contribution in [3.63, 3.8) is 0 Å². The van der Waals surface area contributed by atoms with Gasteiger partial charge in [-0.05, 0) is 43.3 Å². The van der Waals surface area contributed by atoms with E-state index < -0.39 is 30.4 Å². The van der Waals surface area contributed by atoms with Gasteiger partial charge >= 0.3 is 5.97 Å². The van der Waals surface area contributed by atoms with Crippen LogP contribution in [0.3, 0.4) is 0 Å². The average Bonchev–Trinajstić information content (AvgIpc) is 2.73. The van der Waals surface area contributed by atoms with Gasteiger partial charge in [0.05, 0.1) is 6.61 Å². The summed E-state index contributed by atoms with van der Waals surface area (Å²) < 4.78 is 4.89. The number of aliphatic hydroxyl groups is 2. The Morgan fingerprint density at radius 2 is 1.93 bits per heavy atom. The molecule has 0 heterocycles. The Labute approximate surface area is 169 Å². The molecule has 3 N–H and O–H groups in total. The molecule has 29 heavy (non-hydrogen) atoms. The number of hydrogen-bond acceptors (Lipinski definition) is 6. The van der Waals surface area contributed by atoms with Gasteiger partial charge < -0.3 is 25.2 Å². The average molecular weight is 400 g/mol. The van der Waals surface area contributed by atoms with Crippen molar-refractivity contribution in [3.05, 3.63) is 59.4 Å². The zero-order chi connectivity index (χ0) is 21.8. The van der Waals surface area contributed by atoms with Crippen LogP contribution in [0.25, 0.3) is 0 Å². The van der Waals surface area contributed by atoms with Crippen LogP contribution in [-0.4, -0.2) is 66.2 Å². The fourth-order valence-corrected chi connectivity index (χ4v) is 2.20. The largest absolute Gasteiger partial charge is 0.510 e. The fourth-order valence-electron chi connectivity index (χ4n) is 2.20. The molecule has 1 aromatic carbocycles. The van der Waals surface area contributed by atoms with Crippen LogP contribution in [0.15, 0.2) is 48.3 Å². The van der Waals surface area contributed by atoms with Gasteiger partial charge in [0.1, 0.15) is 12.4 Å². The van der Waals surface area contributed by atoms with Crippen molar-refractivity contribution >= 4 is 17.8 Å². The van der Waals surface area contributed by atoms with Gasteiger partial charge in [-0.25, -0.2) is 4.79 Å². The highest BCUT2D eigenvalue weighted by molar-refractivity contribution is 6.07. The van der Waals surface area contributed by atoms with Crippen LogP contribution in [0, 0.1) is 11.8 Å². The predicted octanol–water partition coefficient (Wildman–Crippen LogP) is 0.778.